The number of carbonyl (C=O) groups is 1. The fourth-order valence-corrected chi connectivity index (χ4v) is 4.79. The summed E-state index contributed by atoms with van der Waals surface area (Å²) in [7, 11) is 0. The van der Waals surface area contributed by atoms with E-state index in [-0.39, 0.29) is 12.1 Å². The molecule has 2 amide bonds. The van der Waals surface area contributed by atoms with Crippen molar-refractivity contribution >= 4 is 39.9 Å². The van der Waals surface area contributed by atoms with E-state index in [4.69, 9.17) is 35.3 Å². The van der Waals surface area contributed by atoms with Gasteiger partial charge in [0.1, 0.15) is 30.8 Å². The zero-order valence-electron chi connectivity index (χ0n) is 21.9. The lowest BCUT2D eigenvalue weighted by Crippen LogP contribution is -2.26. The lowest BCUT2D eigenvalue weighted by atomic mass is 10.1. The molecule has 1 aromatic heterocycles. The van der Waals surface area contributed by atoms with Crippen molar-refractivity contribution in [3.63, 3.8) is 0 Å². The molecule has 206 valence electrons. The summed E-state index contributed by atoms with van der Waals surface area (Å²) in [4.78, 5) is 17.0. The summed E-state index contributed by atoms with van der Waals surface area (Å²) in [6.45, 7) is 4.07. The molecule has 1 fully saturated rings. The molecule has 3 aromatic carbocycles. The number of benzene rings is 3. The van der Waals surface area contributed by atoms with Crippen LogP contribution < -0.4 is 29.6 Å². The van der Waals surface area contributed by atoms with Crippen molar-refractivity contribution in [2.75, 3.05) is 37.1 Å². The second kappa shape index (κ2) is 11.5. The third-order valence-corrected chi connectivity index (χ3v) is 7.08. The van der Waals surface area contributed by atoms with E-state index in [9.17, 15) is 4.79 Å². The second-order valence-electron chi connectivity index (χ2n) is 9.53. The number of anilines is 2. The summed E-state index contributed by atoms with van der Waals surface area (Å²) in [5.41, 5.74) is 2.82. The average molecular weight is 562 g/mol. The molecular weight excluding hydrogens is 534 g/mol. The van der Waals surface area contributed by atoms with Gasteiger partial charge in [-0.05, 0) is 61.0 Å². The van der Waals surface area contributed by atoms with Gasteiger partial charge in [0.15, 0.2) is 11.5 Å². The first kappa shape index (κ1) is 26.0. The highest BCUT2D eigenvalue weighted by atomic mass is 35.5. The highest BCUT2D eigenvalue weighted by Gasteiger charge is 2.27. The fraction of sp³-hybridized carbons (Fsp3) is 0.267. The molecule has 4 aromatic rings. The first-order valence-corrected chi connectivity index (χ1v) is 13.5. The number of nitrogens with zero attached hydrogens (tertiary/aromatic N) is 1. The Morgan fingerprint density at radius 1 is 0.900 bits per heavy atom. The number of rotatable bonds is 6. The molecule has 0 bridgehead atoms. The largest absolute Gasteiger partial charge is 0.486 e. The van der Waals surface area contributed by atoms with Crippen LogP contribution in [0.1, 0.15) is 18.4 Å². The molecule has 40 heavy (non-hydrogen) atoms. The van der Waals surface area contributed by atoms with Gasteiger partial charge in [-0.25, -0.2) is 4.79 Å². The molecule has 0 atom stereocenters. The van der Waals surface area contributed by atoms with Gasteiger partial charge < -0.3 is 34.3 Å². The highest BCUT2D eigenvalue weighted by molar-refractivity contribution is 6.31. The standard InChI is InChI=1S/C30H28ClN3O6/c1-18-16-20(4-7-23(18)31)34-30(35)33-19-2-5-21(6-3-19)39-25-8-11-32-24-17-26(40-22-9-12-36-13-10-22)28-29(27(24)25)38-15-14-37-28/h2-8,11,16-17,22H,9-10,12-15H2,1H3,(H2,33,34,35). The van der Waals surface area contributed by atoms with Crippen LogP contribution in [-0.2, 0) is 4.74 Å². The summed E-state index contributed by atoms with van der Waals surface area (Å²) < 4.78 is 30.1. The lowest BCUT2D eigenvalue weighted by Gasteiger charge is -2.27. The number of urea groups is 1. The number of aromatic nitrogens is 1. The van der Waals surface area contributed by atoms with Crippen molar-refractivity contribution in [1.29, 1.82) is 0 Å². The number of fused-ring (bicyclic) bond motifs is 3. The van der Waals surface area contributed by atoms with Gasteiger partial charge in [-0.3, -0.25) is 4.98 Å². The number of nitrogens with one attached hydrogen (secondary N) is 2. The van der Waals surface area contributed by atoms with Gasteiger partial charge in [-0.1, -0.05) is 11.6 Å². The van der Waals surface area contributed by atoms with Crippen LogP contribution in [0, 0.1) is 6.92 Å². The van der Waals surface area contributed by atoms with Gasteiger partial charge in [0, 0.05) is 41.5 Å². The van der Waals surface area contributed by atoms with Crippen LogP contribution >= 0.6 is 11.6 Å². The van der Waals surface area contributed by atoms with Crippen LogP contribution in [0.25, 0.3) is 10.9 Å². The monoisotopic (exact) mass is 561 g/mol. The van der Waals surface area contributed by atoms with E-state index in [1.54, 1.807) is 48.7 Å². The van der Waals surface area contributed by atoms with E-state index in [1.165, 1.54) is 0 Å². The predicted octanol–water partition coefficient (Wildman–Crippen LogP) is 6.96. The third kappa shape index (κ3) is 5.71. The van der Waals surface area contributed by atoms with Crippen LogP contribution in [0.3, 0.4) is 0 Å². The topological polar surface area (TPSA) is 100 Å². The summed E-state index contributed by atoms with van der Waals surface area (Å²) in [5.74, 6) is 2.88. The van der Waals surface area contributed by atoms with E-state index >= 15 is 0 Å². The SMILES string of the molecule is Cc1cc(NC(=O)Nc2ccc(Oc3ccnc4cc(OC5CCOCC5)c5c(c34)OCCO5)cc2)ccc1Cl. The predicted molar refractivity (Wildman–Crippen MR) is 153 cm³/mol. The minimum Gasteiger partial charge on any atom is -0.486 e. The summed E-state index contributed by atoms with van der Waals surface area (Å²) in [6.07, 6.45) is 3.37. The maximum Gasteiger partial charge on any atom is 0.323 e. The molecule has 0 saturated carbocycles. The molecule has 6 rings (SSSR count). The summed E-state index contributed by atoms with van der Waals surface area (Å²) in [6, 6.07) is 15.7. The van der Waals surface area contributed by atoms with Gasteiger partial charge in [0.05, 0.1) is 24.1 Å². The minimum atomic E-state index is -0.363. The van der Waals surface area contributed by atoms with Crippen LogP contribution in [-0.4, -0.2) is 43.5 Å². The maximum absolute atomic E-state index is 12.5. The summed E-state index contributed by atoms with van der Waals surface area (Å²) in [5, 5.41) is 6.97. The van der Waals surface area contributed by atoms with Crippen LogP contribution in [0.4, 0.5) is 16.2 Å². The molecule has 2 aliphatic heterocycles. The minimum absolute atomic E-state index is 0.0461. The molecule has 10 heteroatoms. The zero-order chi connectivity index (χ0) is 27.5. The smallest absolute Gasteiger partial charge is 0.323 e. The highest BCUT2D eigenvalue weighted by Crippen LogP contribution is 2.49. The maximum atomic E-state index is 12.5. The third-order valence-electron chi connectivity index (χ3n) is 6.66. The Kier molecular flexibility index (Phi) is 7.48. The van der Waals surface area contributed by atoms with E-state index in [0.29, 0.717) is 82.5 Å². The first-order chi connectivity index (χ1) is 19.5. The van der Waals surface area contributed by atoms with E-state index in [1.807, 2.05) is 19.1 Å². The number of carbonyl (C=O) groups excluding carboxylic acids is 1. The van der Waals surface area contributed by atoms with Crippen molar-refractivity contribution < 1.29 is 28.5 Å². The van der Waals surface area contributed by atoms with E-state index in [2.05, 4.69) is 15.6 Å². The number of hydrogen-bond donors (Lipinski definition) is 2. The van der Waals surface area contributed by atoms with Gasteiger partial charge in [-0.2, -0.15) is 0 Å². The first-order valence-electron chi connectivity index (χ1n) is 13.1. The Morgan fingerprint density at radius 3 is 2.40 bits per heavy atom. The molecule has 0 unspecified atom stereocenters. The second-order valence-corrected chi connectivity index (χ2v) is 9.94. The van der Waals surface area contributed by atoms with Crippen molar-refractivity contribution in [3.05, 3.63) is 71.4 Å². The quantitative estimate of drug-likeness (QED) is 0.262. The van der Waals surface area contributed by atoms with Gasteiger partial charge in [-0.15, -0.1) is 0 Å². The number of aryl methyl sites for hydroxylation is 1. The van der Waals surface area contributed by atoms with E-state index in [0.717, 1.165) is 18.4 Å². The zero-order valence-corrected chi connectivity index (χ0v) is 22.6. The molecule has 2 aliphatic rings. The Balaban J connectivity index is 1.20. The Hall–Kier alpha value is -4.21. The Morgan fingerprint density at radius 2 is 1.62 bits per heavy atom. The number of amides is 2. The molecule has 0 spiro atoms. The number of ether oxygens (including phenoxy) is 5. The van der Waals surface area contributed by atoms with Crippen molar-refractivity contribution in [2.45, 2.75) is 25.9 Å². The fourth-order valence-electron chi connectivity index (χ4n) is 4.67. The normalized spacial score (nSPS) is 14.9. The number of pyridine rings is 1. The number of halogens is 1. The molecule has 0 radical (unpaired) electrons. The van der Waals surface area contributed by atoms with Crippen LogP contribution in [0.5, 0.6) is 28.7 Å². The molecule has 2 N–H and O–H groups in total. The molecular formula is C30H28ClN3O6. The van der Waals surface area contributed by atoms with Crippen LogP contribution in [0.2, 0.25) is 5.02 Å². The molecule has 9 nitrogen and oxygen atoms in total. The van der Waals surface area contributed by atoms with Gasteiger partial charge >= 0.3 is 6.03 Å². The Labute approximate surface area is 236 Å². The molecule has 3 heterocycles. The Bertz CT molecular complexity index is 1540. The number of hydrogen-bond acceptors (Lipinski definition) is 7. The van der Waals surface area contributed by atoms with Gasteiger partial charge in [0.25, 0.3) is 0 Å². The lowest BCUT2D eigenvalue weighted by molar-refractivity contribution is 0.0234. The van der Waals surface area contributed by atoms with E-state index < -0.39 is 0 Å². The van der Waals surface area contributed by atoms with Crippen molar-refractivity contribution in [3.8, 4) is 28.7 Å². The average Bonchev–Trinajstić information content (AvgIpc) is 2.97. The molecule has 1 saturated heterocycles. The van der Waals surface area contributed by atoms with Crippen molar-refractivity contribution in [1.82, 2.24) is 4.98 Å². The summed E-state index contributed by atoms with van der Waals surface area (Å²) >= 11 is 6.06. The van der Waals surface area contributed by atoms with Crippen molar-refractivity contribution in [2.24, 2.45) is 0 Å². The molecule has 0 aliphatic carbocycles. The van der Waals surface area contributed by atoms with Crippen LogP contribution in [0.15, 0.2) is 60.8 Å². The van der Waals surface area contributed by atoms with Gasteiger partial charge in [0.2, 0.25) is 5.75 Å².